The molecule has 12 heavy (non-hydrogen) atoms. The highest BCUT2D eigenvalue weighted by molar-refractivity contribution is 9.11. The second-order valence-electron chi connectivity index (χ2n) is 2.64. The summed E-state index contributed by atoms with van der Waals surface area (Å²) < 4.78 is 0.962. The minimum absolute atomic E-state index is 0.782. The third-order valence-corrected chi connectivity index (χ3v) is 1.85. The molecule has 0 aliphatic carbocycles. The van der Waals surface area contributed by atoms with Crippen LogP contribution in [-0.4, -0.2) is 16.7 Å². The summed E-state index contributed by atoms with van der Waals surface area (Å²) in [5, 5.41) is 10.0. The Kier molecular flexibility index (Phi) is 3.49. The van der Waals surface area contributed by atoms with Gasteiger partial charge in [-0.3, -0.25) is 5.10 Å². The van der Waals surface area contributed by atoms with Gasteiger partial charge in [0.1, 0.15) is 0 Å². The van der Waals surface area contributed by atoms with Crippen LogP contribution in [0.25, 0.3) is 0 Å². The lowest BCUT2D eigenvalue weighted by atomic mass is 10.3. The molecule has 0 unspecified atom stereocenters. The SMILES string of the molecule is C=C(Br)CNCc1cn[nH]c1C. The summed E-state index contributed by atoms with van der Waals surface area (Å²) in [6.45, 7) is 7.34. The van der Waals surface area contributed by atoms with E-state index >= 15 is 0 Å². The highest BCUT2D eigenvalue weighted by Gasteiger charge is 1.98. The normalized spacial score (nSPS) is 10.2. The van der Waals surface area contributed by atoms with E-state index in [9.17, 15) is 0 Å². The van der Waals surface area contributed by atoms with Gasteiger partial charge in [-0.1, -0.05) is 22.5 Å². The van der Waals surface area contributed by atoms with Crippen molar-refractivity contribution in [3.63, 3.8) is 0 Å². The zero-order chi connectivity index (χ0) is 8.97. The van der Waals surface area contributed by atoms with E-state index in [-0.39, 0.29) is 0 Å². The standard InChI is InChI=1S/C8H12BrN3/c1-6(9)3-10-4-8-5-11-12-7(8)2/h5,10H,1,3-4H2,2H3,(H,11,12). The van der Waals surface area contributed by atoms with Gasteiger partial charge in [-0.2, -0.15) is 5.10 Å². The van der Waals surface area contributed by atoms with Gasteiger partial charge in [0.25, 0.3) is 0 Å². The maximum Gasteiger partial charge on any atom is 0.0535 e. The van der Waals surface area contributed by atoms with E-state index in [0.29, 0.717) is 0 Å². The first kappa shape index (κ1) is 9.48. The Morgan fingerprint density at radius 1 is 1.83 bits per heavy atom. The smallest absolute Gasteiger partial charge is 0.0535 e. The fraction of sp³-hybridized carbons (Fsp3) is 0.375. The number of aromatic nitrogens is 2. The Labute approximate surface area is 80.4 Å². The molecule has 66 valence electrons. The summed E-state index contributed by atoms with van der Waals surface area (Å²) >= 11 is 3.28. The number of H-pyrrole nitrogens is 1. The zero-order valence-corrected chi connectivity index (χ0v) is 8.61. The summed E-state index contributed by atoms with van der Waals surface area (Å²) in [6.07, 6.45) is 1.83. The molecule has 4 heteroatoms. The van der Waals surface area contributed by atoms with Gasteiger partial charge in [0, 0.05) is 28.8 Å². The van der Waals surface area contributed by atoms with Crippen molar-refractivity contribution in [3.05, 3.63) is 28.5 Å². The molecule has 0 aliphatic heterocycles. The first-order valence-electron chi connectivity index (χ1n) is 3.73. The Bertz CT molecular complexity index is 267. The summed E-state index contributed by atoms with van der Waals surface area (Å²) in [5.74, 6) is 0. The van der Waals surface area contributed by atoms with Crippen molar-refractivity contribution in [2.24, 2.45) is 0 Å². The van der Waals surface area contributed by atoms with Crippen LogP contribution in [0.2, 0.25) is 0 Å². The third kappa shape index (κ3) is 2.79. The Hall–Kier alpha value is -0.610. The molecule has 1 aromatic heterocycles. The molecular formula is C8H12BrN3. The average molecular weight is 230 g/mol. The second-order valence-corrected chi connectivity index (χ2v) is 3.76. The van der Waals surface area contributed by atoms with Crippen LogP contribution in [0.15, 0.2) is 17.3 Å². The summed E-state index contributed by atoms with van der Waals surface area (Å²) in [5.41, 5.74) is 2.31. The van der Waals surface area contributed by atoms with Crippen LogP contribution in [0.4, 0.5) is 0 Å². The van der Waals surface area contributed by atoms with Gasteiger partial charge in [-0.05, 0) is 6.92 Å². The number of halogens is 1. The van der Waals surface area contributed by atoms with Gasteiger partial charge in [-0.25, -0.2) is 0 Å². The third-order valence-electron chi connectivity index (χ3n) is 1.57. The quantitative estimate of drug-likeness (QED) is 0.826. The van der Waals surface area contributed by atoms with Gasteiger partial charge >= 0.3 is 0 Å². The molecule has 1 rings (SSSR count). The van der Waals surface area contributed by atoms with Crippen LogP contribution in [0, 0.1) is 6.92 Å². The average Bonchev–Trinajstić information content (AvgIpc) is 2.36. The predicted octanol–water partition coefficient (Wildman–Crippen LogP) is 1.72. The van der Waals surface area contributed by atoms with Crippen LogP contribution in [0.5, 0.6) is 0 Å². The number of nitrogens with one attached hydrogen (secondary N) is 2. The molecule has 0 spiro atoms. The van der Waals surface area contributed by atoms with Crippen LogP contribution in [0.3, 0.4) is 0 Å². The number of hydrogen-bond acceptors (Lipinski definition) is 2. The molecular weight excluding hydrogens is 218 g/mol. The molecule has 0 saturated carbocycles. The Morgan fingerprint density at radius 3 is 3.08 bits per heavy atom. The van der Waals surface area contributed by atoms with Gasteiger partial charge in [0.15, 0.2) is 0 Å². The number of nitrogens with zero attached hydrogens (tertiary/aromatic N) is 1. The highest BCUT2D eigenvalue weighted by Crippen LogP contribution is 2.02. The maximum absolute atomic E-state index is 3.92. The number of hydrogen-bond donors (Lipinski definition) is 2. The van der Waals surface area contributed by atoms with E-state index in [2.05, 4.69) is 38.0 Å². The summed E-state index contributed by atoms with van der Waals surface area (Å²) in [4.78, 5) is 0. The van der Waals surface area contributed by atoms with E-state index < -0.39 is 0 Å². The van der Waals surface area contributed by atoms with Gasteiger partial charge in [-0.15, -0.1) is 0 Å². The number of aromatic amines is 1. The van der Waals surface area contributed by atoms with Crippen molar-refractivity contribution in [2.75, 3.05) is 6.54 Å². The molecule has 0 saturated heterocycles. The van der Waals surface area contributed by atoms with Crippen molar-refractivity contribution >= 4 is 15.9 Å². The lowest BCUT2D eigenvalue weighted by Gasteiger charge is -2.01. The minimum atomic E-state index is 0.782. The van der Waals surface area contributed by atoms with E-state index in [4.69, 9.17) is 0 Å². The first-order valence-corrected chi connectivity index (χ1v) is 4.52. The van der Waals surface area contributed by atoms with Crippen molar-refractivity contribution in [2.45, 2.75) is 13.5 Å². The molecule has 0 radical (unpaired) electrons. The summed E-state index contributed by atoms with van der Waals surface area (Å²) in [7, 11) is 0. The molecule has 3 nitrogen and oxygen atoms in total. The van der Waals surface area contributed by atoms with Crippen molar-refractivity contribution in [3.8, 4) is 0 Å². The van der Waals surface area contributed by atoms with Gasteiger partial charge in [0.05, 0.1) is 6.20 Å². The minimum Gasteiger partial charge on any atom is -0.308 e. The fourth-order valence-electron chi connectivity index (χ4n) is 0.887. The molecule has 0 atom stereocenters. The Balaban J connectivity index is 2.33. The first-order chi connectivity index (χ1) is 5.70. The van der Waals surface area contributed by atoms with Crippen molar-refractivity contribution in [1.82, 2.24) is 15.5 Å². The molecule has 0 amide bonds. The van der Waals surface area contributed by atoms with E-state index in [1.54, 1.807) is 0 Å². The molecule has 0 fully saturated rings. The fourth-order valence-corrected chi connectivity index (χ4v) is 1.08. The predicted molar refractivity (Wildman–Crippen MR) is 53.1 cm³/mol. The van der Waals surface area contributed by atoms with Gasteiger partial charge < -0.3 is 5.32 Å². The van der Waals surface area contributed by atoms with E-state index in [0.717, 1.165) is 23.3 Å². The van der Waals surface area contributed by atoms with Crippen molar-refractivity contribution in [1.29, 1.82) is 0 Å². The molecule has 0 aliphatic rings. The molecule has 1 heterocycles. The Morgan fingerprint density at radius 2 is 2.58 bits per heavy atom. The maximum atomic E-state index is 3.92. The van der Waals surface area contributed by atoms with Crippen LogP contribution in [-0.2, 0) is 6.54 Å². The summed E-state index contributed by atoms with van der Waals surface area (Å²) in [6, 6.07) is 0. The lowest BCUT2D eigenvalue weighted by molar-refractivity contribution is 0.753. The lowest BCUT2D eigenvalue weighted by Crippen LogP contribution is -2.14. The zero-order valence-electron chi connectivity index (χ0n) is 7.02. The second kappa shape index (κ2) is 4.42. The van der Waals surface area contributed by atoms with Gasteiger partial charge in [0.2, 0.25) is 0 Å². The topological polar surface area (TPSA) is 40.7 Å². The van der Waals surface area contributed by atoms with Crippen LogP contribution >= 0.6 is 15.9 Å². The van der Waals surface area contributed by atoms with E-state index in [1.165, 1.54) is 5.56 Å². The number of aryl methyl sites for hydroxylation is 1. The van der Waals surface area contributed by atoms with E-state index in [1.807, 2.05) is 13.1 Å². The molecule has 1 aromatic rings. The van der Waals surface area contributed by atoms with Crippen LogP contribution in [0.1, 0.15) is 11.3 Å². The molecule has 0 bridgehead atoms. The van der Waals surface area contributed by atoms with Crippen molar-refractivity contribution < 1.29 is 0 Å². The molecule has 2 N–H and O–H groups in total. The largest absolute Gasteiger partial charge is 0.308 e. The monoisotopic (exact) mass is 229 g/mol. The number of rotatable bonds is 4. The van der Waals surface area contributed by atoms with Crippen LogP contribution < -0.4 is 5.32 Å². The highest BCUT2D eigenvalue weighted by atomic mass is 79.9. The molecule has 0 aromatic carbocycles.